The van der Waals surface area contributed by atoms with E-state index in [1.54, 1.807) is 12.1 Å². The second-order valence-electron chi connectivity index (χ2n) is 5.13. The minimum atomic E-state index is -0.0692. The molecule has 0 bridgehead atoms. The molecule has 1 rings (SSSR count). The first-order valence-electron chi connectivity index (χ1n) is 7.11. The van der Waals surface area contributed by atoms with Gasteiger partial charge in [0, 0.05) is 12.6 Å². The summed E-state index contributed by atoms with van der Waals surface area (Å²) in [6.45, 7) is 8.89. The fourth-order valence-corrected chi connectivity index (χ4v) is 2.05. The number of rotatable bonds is 6. The van der Waals surface area contributed by atoms with Crippen molar-refractivity contribution < 1.29 is 9.90 Å². The van der Waals surface area contributed by atoms with Gasteiger partial charge in [-0.3, -0.25) is 4.79 Å². The summed E-state index contributed by atoms with van der Waals surface area (Å²) >= 11 is 0. The number of carbonyl (C=O) groups is 1. The normalized spacial score (nSPS) is 12.2. The molecule has 1 aromatic rings. The third kappa shape index (κ3) is 3.98. The minimum absolute atomic E-state index is 0.0692. The smallest absolute Gasteiger partial charge is 0.257 e. The highest BCUT2D eigenvalue weighted by Crippen LogP contribution is 2.22. The van der Waals surface area contributed by atoms with Gasteiger partial charge in [0.25, 0.3) is 5.91 Å². The second-order valence-corrected chi connectivity index (χ2v) is 5.13. The topological polar surface area (TPSA) is 40.5 Å². The quantitative estimate of drug-likeness (QED) is 0.849. The third-order valence-corrected chi connectivity index (χ3v) is 3.52. The SMILES string of the molecule is CCCCN(C(=O)c1ccc(C)cc1O)C(C)CC. The van der Waals surface area contributed by atoms with Gasteiger partial charge in [0.2, 0.25) is 0 Å². The van der Waals surface area contributed by atoms with Gasteiger partial charge in [0.05, 0.1) is 5.56 Å². The van der Waals surface area contributed by atoms with Crippen LogP contribution in [-0.4, -0.2) is 28.5 Å². The van der Waals surface area contributed by atoms with Gasteiger partial charge in [0.1, 0.15) is 5.75 Å². The molecule has 0 aliphatic heterocycles. The lowest BCUT2D eigenvalue weighted by Gasteiger charge is -2.29. The third-order valence-electron chi connectivity index (χ3n) is 3.52. The zero-order valence-corrected chi connectivity index (χ0v) is 12.4. The van der Waals surface area contributed by atoms with Gasteiger partial charge in [-0.05, 0) is 44.4 Å². The lowest BCUT2D eigenvalue weighted by Crippen LogP contribution is -2.39. The average Bonchev–Trinajstić information content (AvgIpc) is 2.38. The molecule has 0 fully saturated rings. The molecule has 0 radical (unpaired) electrons. The molecule has 0 saturated heterocycles. The van der Waals surface area contributed by atoms with Gasteiger partial charge in [0.15, 0.2) is 0 Å². The number of benzene rings is 1. The molecular weight excluding hydrogens is 238 g/mol. The summed E-state index contributed by atoms with van der Waals surface area (Å²) in [6.07, 6.45) is 2.96. The highest BCUT2D eigenvalue weighted by atomic mass is 16.3. The molecule has 1 aromatic carbocycles. The summed E-state index contributed by atoms with van der Waals surface area (Å²) in [5, 5.41) is 9.94. The maximum absolute atomic E-state index is 12.5. The van der Waals surface area contributed by atoms with E-state index in [0.717, 1.165) is 31.4 Å². The predicted octanol–water partition coefficient (Wildman–Crippen LogP) is 3.74. The monoisotopic (exact) mass is 263 g/mol. The van der Waals surface area contributed by atoms with E-state index in [2.05, 4.69) is 20.8 Å². The molecule has 1 amide bonds. The van der Waals surface area contributed by atoms with Gasteiger partial charge in [-0.1, -0.05) is 26.3 Å². The van der Waals surface area contributed by atoms with Crippen molar-refractivity contribution in [1.29, 1.82) is 0 Å². The molecule has 0 spiro atoms. The summed E-state index contributed by atoms with van der Waals surface area (Å²) < 4.78 is 0. The molecule has 1 atom stereocenters. The number of aryl methyl sites for hydroxylation is 1. The number of phenols is 1. The van der Waals surface area contributed by atoms with Crippen molar-refractivity contribution >= 4 is 5.91 Å². The summed E-state index contributed by atoms with van der Waals surface area (Å²) in [6, 6.07) is 5.41. The number of phenolic OH excluding ortho intramolecular Hbond substituents is 1. The largest absolute Gasteiger partial charge is 0.507 e. The number of hydrogen-bond donors (Lipinski definition) is 1. The lowest BCUT2D eigenvalue weighted by atomic mass is 10.1. The number of nitrogens with zero attached hydrogens (tertiary/aromatic N) is 1. The summed E-state index contributed by atoms with van der Waals surface area (Å²) in [5.74, 6) is 0.00935. The molecule has 0 aliphatic rings. The van der Waals surface area contributed by atoms with Gasteiger partial charge in [-0.25, -0.2) is 0 Å². The van der Waals surface area contributed by atoms with Crippen molar-refractivity contribution in [1.82, 2.24) is 4.90 Å². The Labute approximate surface area is 116 Å². The van der Waals surface area contributed by atoms with E-state index < -0.39 is 0 Å². The van der Waals surface area contributed by atoms with Gasteiger partial charge >= 0.3 is 0 Å². The highest BCUT2D eigenvalue weighted by molar-refractivity contribution is 5.97. The van der Waals surface area contributed by atoms with Crippen molar-refractivity contribution in [3.05, 3.63) is 29.3 Å². The van der Waals surface area contributed by atoms with Crippen LogP contribution in [0.15, 0.2) is 18.2 Å². The van der Waals surface area contributed by atoms with E-state index in [1.165, 1.54) is 0 Å². The van der Waals surface area contributed by atoms with Crippen LogP contribution in [0.1, 0.15) is 56.0 Å². The van der Waals surface area contributed by atoms with E-state index in [1.807, 2.05) is 17.9 Å². The molecule has 0 aliphatic carbocycles. The Hall–Kier alpha value is -1.51. The fraction of sp³-hybridized carbons (Fsp3) is 0.562. The van der Waals surface area contributed by atoms with Crippen molar-refractivity contribution in [3.8, 4) is 5.75 Å². The van der Waals surface area contributed by atoms with Crippen molar-refractivity contribution in [2.75, 3.05) is 6.54 Å². The Bertz CT molecular complexity index is 429. The van der Waals surface area contributed by atoms with E-state index in [4.69, 9.17) is 0 Å². The molecule has 1 unspecified atom stereocenters. The van der Waals surface area contributed by atoms with Crippen LogP contribution in [0.2, 0.25) is 0 Å². The standard InChI is InChI=1S/C16H25NO2/c1-5-7-10-17(13(4)6-2)16(19)14-9-8-12(3)11-15(14)18/h8-9,11,13,18H,5-7,10H2,1-4H3. The molecule has 1 N–H and O–H groups in total. The van der Waals surface area contributed by atoms with Crippen LogP contribution in [0.3, 0.4) is 0 Å². The molecule has 0 heterocycles. The van der Waals surface area contributed by atoms with E-state index in [0.29, 0.717) is 5.56 Å². The summed E-state index contributed by atoms with van der Waals surface area (Å²) in [4.78, 5) is 14.4. The first-order chi connectivity index (χ1) is 9.01. The van der Waals surface area contributed by atoms with Crippen LogP contribution in [0, 0.1) is 6.92 Å². The number of hydrogen-bond acceptors (Lipinski definition) is 2. The number of aromatic hydroxyl groups is 1. The molecule has 0 aromatic heterocycles. The molecular formula is C16H25NO2. The van der Waals surface area contributed by atoms with E-state index in [9.17, 15) is 9.90 Å². The van der Waals surface area contributed by atoms with Crippen molar-refractivity contribution in [2.24, 2.45) is 0 Å². The van der Waals surface area contributed by atoms with E-state index in [-0.39, 0.29) is 17.7 Å². The van der Waals surface area contributed by atoms with Crippen LogP contribution in [-0.2, 0) is 0 Å². The lowest BCUT2D eigenvalue weighted by molar-refractivity contribution is 0.0682. The maximum Gasteiger partial charge on any atom is 0.257 e. The van der Waals surface area contributed by atoms with Crippen LogP contribution in [0.5, 0.6) is 5.75 Å². The van der Waals surface area contributed by atoms with Crippen LogP contribution in [0.4, 0.5) is 0 Å². The summed E-state index contributed by atoms with van der Waals surface area (Å²) in [5.41, 5.74) is 1.36. The number of carbonyl (C=O) groups excluding carboxylic acids is 1. The Kier molecular flexibility index (Phi) is 5.87. The van der Waals surface area contributed by atoms with Gasteiger partial charge in [-0.2, -0.15) is 0 Å². The van der Waals surface area contributed by atoms with Crippen LogP contribution < -0.4 is 0 Å². The van der Waals surface area contributed by atoms with Gasteiger partial charge < -0.3 is 10.0 Å². The fourth-order valence-electron chi connectivity index (χ4n) is 2.05. The van der Waals surface area contributed by atoms with E-state index >= 15 is 0 Å². The predicted molar refractivity (Wildman–Crippen MR) is 78.5 cm³/mol. The van der Waals surface area contributed by atoms with Crippen LogP contribution >= 0.6 is 0 Å². The van der Waals surface area contributed by atoms with Gasteiger partial charge in [-0.15, -0.1) is 0 Å². The molecule has 19 heavy (non-hydrogen) atoms. The van der Waals surface area contributed by atoms with Crippen molar-refractivity contribution in [3.63, 3.8) is 0 Å². The second kappa shape index (κ2) is 7.17. The Morgan fingerprint density at radius 2 is 2.05 bits per heavy atom. The Morgan fingerprint density at radius 3 is 2.58 bits per heavy atom. The first kappa shape index (κ1) is 15.5. The van der Waals surface area contributed by atoms with Crippen LogP contribution in [0.25, 0.3) is 0 Å². The zero-order chi connectivity index (χ0) is 14.4. The Balaban J connectivity index is 2.97. The molecule has 106 valence electrons. The first-order valence-corrected chi connectivity index (χ1v) is 7.11. The number of unbranched alkanes of at least 4 members (excludes halogenated alkanes) is 1. The zero-order valence-electron chi connectivity index (χ0n) is 12.4. The summed E-state index contributed by atoms with van der Waals surface area (Å²) in [7, 11) is 0. The molecule has 3 nitrogen and oxygen atoms in total. The molecule has 3 heteroatoms. The Morgan fingerprint density at radius 1 is 1.37 bits per heavy atom. The minimum Gasteiger partial charge on any atom is -0.507 e. The maximum atomic E-state index is 12.5. The van der Waals surface area contributed by atoms with Crippen molar-refractivity contribution in [2.45, 2.75) is 53.0 Å². The number of amides is 1. The average molecular weight is 263 g/mol. The highest BCUT2D eigenvalue weighted by Gasteiger charge is 2.22. The molecule has 0 saturated carbocycles.